The van der Waals surface area contributed by atoms with Gasteiger partial charge in [0.15, 0.2) is 0 Å². The molecule has 1 aromatic carbocycles. The molecule has 0 radical (unpaired) electrons. The minimum Gasteiger partial charge on any atom is -0.330 e. The van der Waals surface area contributed by atoms with Crippen LogP contribution in [-0.4, -0.2) is 6.54 Å². The molecule has 0 amide bonds. The number of rotatable bonds is 5. The zero-order valence-electron chi connectivity index (χ0n) is 10.2. The van der Waals surface area contributed by atoms with Crippen molar-refractivity contribution in [1.29, 1.82) is 0 Å². The second-order valence-corrected chi connectivity index (χ2v) is 4.96. The van der Waals surface area contributed by atoms with E-state index >= 15 is 0 Å². The molecule has 0 bridgehead atoms. The lowest BCUT2D eigenvalue weighted by Gasteiger charge is -2.10. The van der Waals surface area contributed by atoms with Crippen LogP contribution in [0.5, 0.6) is 0 Å². The summed E-state index contributed by atoms with van der Waals surface area (Å²) < 4.78 is 0. The zero-order chi connectivity index (χ0) is 11.3. The highest BCUT2D eigenvalue weighted by atomic mass is 14.5. The van der Waals surface area contributed by atoms with Crippen LogP contribution in [0, 0.1) is 11.8 Å². The fourth-order valence-corrected chi connectivity index (χ4v) is 1.84. The average Bonchev–Trinajstić information content (AvgIpc) is 2.17. The Hall–Kier alpha value is -0.820. The van der Waals surface area contributed by atoms with Crippen LogP contribution in [0.1, 0.15) is 31.9 Å². The topological polar surface area (TPSA) is 26.0 Å². The number of hydrogen-bond acceptors (Lipinski definition) is 1. The van der Waals surface area contributed by atoms with E-state index in [1.165, 1.54) is 17.5 Å². The Morgan fingerprint density at radius 1 is 1.07 bits per heavy atom. The van der Waals surface area contributed by atoms with Crippen LogP contribution in [0.3, 0.4) is 0 Å². The molecular formula is C14H23N. The predicted octanol–water partition coefficient (Wildman–Crippen LogP) is 3.02. The second-order valence-electron chi connectivity index (χ2n) is 4.96. The highest BCUT2D eigenvalue weighted by molar-refractivity contribution is 5.24. The van der Waals surface area contributed by atoms with Crippen LogP contribution in [0.4, 0.5) is 0 Å². The molecule has 1 nitrogen and oxygen atoms in total. The second kappa shape index (κ2) is 5.92. The van der Waals surface area contributed by atoms with Crippen LogP contribution in [0.25, 0.3) is 0 Å². The Morgan fingerprint density at radius 3 is 2.20 bits per heavy atom. The molecule has 1 rings (SSSR count). The van der Waals surface area contributed by atoms with Crippen LogP contribution in [-0.2, 0) is 12.8 Å². The molecule has 1 atom stereocenters. The molecule has 84 valence electrons. The van der Waals surface area contributed by atoms with Gasteiger partial charge in [-0.2, -0.15) is 0 Å². The summed E-state index contributed by atoms with van der Waals surface area (Å²) in [6.07, 6.45) is 2.27. The summed E-state index contributed by atoms with van der Waals surface area (Å²) in [5.41, 5.74) is 8.51. The first-order valence-corrected chi connectivity index (χ1v) is 5.89. The molecule has 0 heterocycles. The molecule has 0 saturated heterocycles. The lowest BCUT2D eigenvalue weighted by atomic mass is 9.96. The maximum atomic E-state index is 5.64. The van der Waals surface area contributed by atoms with Gasteiger partial charge >= 0.3 is 0 Å². The first-order chi connectivity index (χ1) is 7.11. The van der Waals surface area contributed by atoms with E-state index in [1.54, 1.807) is 0 Å². The van der Waals surface area contributed by atoms with Crippen LogP contribution >= 0.6 is 0 Å². The fraction of sp³-hybridized carbons (Fsp3) is 0.571. The Labute approximate surface area is 93.7 Å². The minimum atomic E-state index is 0.583. The van der Waals surface area contributed by atoms with Crippen molar-refractivity contribution in [3.05, 3.63) is 35.4 Å². The van der Waals surface area contributed by atoms with Crippen LogP contribution in [0.15, 0.2) is 24.3 Å². The van der Waals surface area contributed by atoms with Gasteiger partial charge in [0.2, 0.25) is 0 Å². The normalized spacial score (nSPS) is 13.1. The standard InChI is InChI=1S/C14H23N/c1-11(2)7-13-5-4-6-14(9-13)8-12(3)10-15/h4-6,9,11-12H,7-8,10,15H2,1-3H3. The molecule has 1 unspecified atom stereocenters. The molecule has 0 spiro atoms. The van der Waals surface area contributed by atoms with E-state index in [9.17, 15) is 0 Å². The van der Waals surface area contributed by atoms with Gasteiger partial charge in [0.1, 0.15) is 0 Å². The highest BCUT2D eigenvalue weighted by Gasteiger charge is 2.03. The van der Waals surface area contributed by atoms with Gasteiger partial charge in [-0.15, -0.1) is 0 Å². The van der Waals surface area contributed by atoms with E-state index < -0.39 is 0 Å². The minimum absolute atomic E-state index is 0.583. The van der Waals surface area contributed by atoms with E-state index in [0.29, 0.717) is 5.92 Å². The molecule has 0 saturated carbocycles. The number of hydrogen-bond donors (Lipinski definition) is 1. The molecule has 1 heteroatoms. The van der Waals surface area contributed by atoms with Crippen molar-refractivity contribution in [2.75, 3.05) is 6.54 Å². The van der Waals surface area contributed by atoms with Crippen molar-refractivity contribution in [3.63, 3.8) is 0 Å². The predicted molar refractivity (Wildman–Crippen MR) is 66.9 cm³/mol. The van der Waals surface area contributed by atoms with Crippen molar-refractivity contribution in [2.24, 2.45) is 17.6 Å². The lowest BCUT2D eigenvalue weighted by Crippen LogP contribution is -2.13. The first-order valence-electron chi connectivity index (χ1n) is 5.89. The largest absolute Gasteiger partial charge is 0.330 e. The number of nitrogens with two attached hydrogens (primary N) is 1. The van der Waals surface area contributed by atoms with E-state index in [1.807, 2.05) is 0 Å². The molecule has 0 aliphatic heterocycles. The van der Waals surface area contributed by atoms with Gasteiger partial charge in [0, 0.05) is 0 Å². The van der Waals surface area contributed by atoms with Gasteiger partial charge in [-0.05, 0) is 42.3 Å². The van der Waals surface area contributed by atoms with E-state index in [0.717, 1.165) is 18.9 Å². The first kappa shape index (κ1) is 12.3. The van der Waals surface area contributed by atoms with Gasteiger partial charge in [0.25, 0.3) is 0 Å². The SMILES string of the molecule is CC(C)Cc1cccc(CC(C)CN)c1. The van der Waals surface area contributed by atoms with E-state index in [4.69, 9.17) is 5.73 Å². The molecular weight excluding hydrogens is 182 g/mol. The van der Waals surface area contributed by atoms with Gasteiger partial charge in [-0.25, -0.2) is 0 Å². The highest BCUT2D eigenvalue weighted by Crippen LogP contribution is 2.13. The van der Waals surface area contributed by atoms with E-state index in [2.05, 4.69) is 45.0 Å². The monoisotopic (exact) mass is 205 g/mol. The third-order valence-corrected chi connectivity index (χ3v) is 2.62. The van der Waals surface area contributed by atoms with Gasteiger partial charge in [-0.1, -0.05) is 45.0 Å². The van der Waals surface area contributed by atoms with Crippen molar-refractivity contribution >= 4 is 0 Å². The van der Waals surface area contributed by atoms with Crippen LogP contribution < -0.4 is 5.73 Å². The summed E-state index contributed by atoms with van der Waals surface area (Å²) in [5.74, 6) is 1.31. The summed E-state index contributed by atoms with van der Waals surface area (Å²) in [6.45, 7) is 7.49. The summed E-state index contributed by atoms with van der Waals surface area (Å²) in [7, 11) is 0. The summed E-state index contributed by atoms with van der Waals surface area (Å²) >= 11 is 0. The summed E-state index contributed by atoms with van der Waals surface area (Å²) in [4.78, 5) is 0. The molecule has 0 aliphatic carbocycles. The molecule has 0 fully saturated rings. The van der Waals surface area contributed by atoms with E-state index in [-0.39, 0.29) is 0 Å². The average molecular weight is 205 g/mol. The van der Waals surface area contributed by atoms with Gasteiger partial charge < -0.3 is 5.73 Å². The van der Waals surface area contributed by atoms with Gasteiger partial charge in [0.05, 0.1) is 0 Å². The third-order valence-electron chi connectivity index (χ3n) is 2.62. The molecule has 1 aromatic rings. The lowest BCUT2D eigenvalue weighted by molar-refractivity contribution is 0.591. The Morgan fingerprint density at radius 2 is 1.67 bits per heavy atom. The van der Waals surface area contributed by atoms with Gasteiger partial charge in [-0.3, -0.25) is 0 Å². The number of benzene rings is 1. The van der Waals surface area contributed by atoms with Crippen molar-refractivity contribution in [2.45, 2.75) is 33.6 Å². The Kier molecular flexibility index (Phi) is 4.83. The Bertz CT molecular complexity index is 291. The molecule has 15 heavy (non-hydrogen) atoms. The summed E-state index contributed by atoms with van der Waals surface area (Å²) in [5, 5.41) is 0. The van der Waals surface area contributed by atoms with Crippen molar-refractivity contribution in [1.82, 2.24) is 0 Å². The maximum Gasteiger partial charge on any atom is -0.00483 e. The van der Waals surface area contributed by atoms with Crippen molar-refractivity contribution < 1.29 is 0 Å². The zero-order valence-corrected chi connectivity index (χ0v) is 10.2. The fourth-order valence-electron chi connectivity index (χ4n) is 1.84. The molecule has 0 aliphatic rings. The van der Waals surface area contributed by atoms with Crippen molar-refractivity contribution in [3.8, 4) is 0 Å². The molecule has 0 aromatic heterocycles. The quantitative estimate of drug-likeness (QED) is 0.785. The maximum absolute atomic E-state index is 5.64. The Balaban J connectivity index is 2.65. The summed E-state index contributed by atoms with van der Waals surface area (Å²) in [6, 6.07) is 8.91. The van der Waals surface area contributed by atoms with Crippen LogP contribution in [0.2, 0.25) is 0 Å². The third kappa shape index (κ3) is 4.48. The smallest absolute Gasteiger partial charge is 0.00483 e. The molecule has 2 N–H and O–H groups in total.